The number of rotatable bonds is 4. The number of nitrogens with zero attached hydrogens (tertiary/aromatic N) is 3. The molecule has 0 saturated carbocycles. The Morgan fingerprint density at radius 2 is 2.29 bits per heavy atom. The summed E-state index contributed by atoms with van der Waals surface area (Å²) in [7, 11) is -3.63. The maximum Gasteiger partial charge on any atom is 0.250 e. The van der Waals surface area contributed by atoms with E-state index in [1.165, 1.54) is 6.07 Å². The number of sulfonamides is 1. The number of fused-ring (bicyclic) bond motifs is 1. The van der Waals surface area contributed by atoms with Crippen LogP contribution >= 0.6 is 38.9 Å². The second kappa shape index (κ2) is 5.62. The number of hydrogen-bond acceptors (Lipinski definition) is 5. The lowest BCUT2D eigenvalue weighted by Gasteiger charge is -2.13. The Labute approximate surface area is 139 Å². The average Bonchev–Trinajstić information content (AvgIpc) is 3.05. The van der Waals surface area contributed by atoms with Crippen LogP contribution in [0.3, 0.4) is 0 Å². The molecule has 10 heteroatoms. The minimum atomic E-state index is -3.63. The molecule has 0 aromatic carbocycles. The zero-order valence-electron chi connectivity index (χ0n) is 11.0. The summed E-state index contributed by atoms with van der Waals surface area (Å²) in [6, 6.07) is 0.980. The molecule has 0 saturated heterocycles. The van der Waals surface area contributed by atoms with Crippen molar-refractivity contribution in [3.63, 3.8) is 0 Å². The fraction of sp³-hybridized carbons (Fsp3) is 0.455. The first kappa shape index (κ1) is 15.4. The number of aryl methyl sites for hydroxylation is 1. The van der Waals surface area contributed by atoms with E-state index < -0.39 is 16.1 Å². The van der Waals surface area contributed by atoms with Gasteiger partial charge in [-0.3, -0.25) is 0 Å². The van der Waals surface area contributed by atoms with Gasteiger partial charge in [-0.15, -0.1) is 21.5 Å². The minimum Gasteiger partial charge on any atom is -0.314 e. The summed E-state index contributed by atoms with van der Waals surface area (Å²) >= 11 is 10.2. The highest BCUT2D eigenvalue weighted by molar-refractivity contribution is 9.11. The topological polar surface area (TPSA) is 76.9 Å². The fourth-order valence-electron chi connectivity index (χ4n) is 2.30. The Kier molecular flexibility index (Phi) is 4.12. The monoisotopic (exact) mass is 410 g/mol. The van der Waals surface area contributed by atoms with Gasteiger partial charge in [-0.05, 0) is 35.3 Å². The first-order valence-electron chi connectivity index (χ1n) is 6.27. The summed E-state index contributed by atoms with van der Waals surface area (Å²) in [4.78, 5) is 0. The zero-order chi connectivity index (χ0) is 15.2. The molecule has 0 spiro atoms. The van der Waals surface area contributed by atoms with E-state index >= 15 is 0 Å². The molecule has 1 aliphatic heterocycles. The molecule has 114 valence electrons. The van der Waals surface area contributed by atoms with E-state index in [4.69, 9.17) is 11.6 Å². The lowest BCUT2D eigenvalue weighted by Crippen LogP contribution is -2.28. The molecule has 0 bridgehead atoms. The van der Waals surface area contributed by atoms with Gasteiger partial charge in [-0.2, -0.15) is 0 Å². The van der Waals surface area contributed by atoms with Crippen LogP contribution in [-0.4, -0.2) is 23.2 Å². The lowest BCUT2D eigenvalue weighted by molar-refractivity contribution is 0.548. The Bertz CT molecular complexity index is 767. The molecule has 3 rings (SSSR count). The molecule has 21 heavy (non-hydrogen) atoms. The Hall–Kier alpha value is -0.480. The zero-order valence-corrected chi connectivity index (χ0v) is 15.0. The van der Waals surface area contributed by atoms with Crippen LogP contribution in [-0.2, 0) is 23.0 Å². The van der Waals surface area contributed by atoms with Gasteiger partial charge < -0.3 is 4.57 Å². The van der Waals surface area contributed by atoms with Gasteiger partial charge in [0.2, 0.25) is 0 Å². The number of aromatic nitrogens is 3. The maximum absolute atomic E-state index is 12.4. The maximum atomic E-state index is 12.4. The summed E-state index contributed by atoms with van der Waals surface area (Å²) in [5, 5.41) is 8.57. The van der Waals surface area contributed by atoms with Crippen molar-refractivity contribution >= 4 is 48.9 Å². The molecule has 1 unspecified atom stereocenters. The summed E-state index contributed by atoms with van der Waals surface area (Å²) in [5.74, 6) is 1.56. The SMILES string of the molecule is CC(NS(=O)(=O)c1cc(Cl)c(Br)s1)c1nnc2n1CCC2. The molecule has 0 aliphatic carbocycles. The van der Waals surface area contributed by atoms with Crippen molar-refractivity contribution < 1.29 is 8.42 Å². The van der Waals surface area contributed by atoms with Gasteiger partial charge in [0.15, 0.2) is 5.82 Å². The van der Waals surface area contributed by atoms with E-state index in [1.807, 2.05) is 4.57 Å². The van der Waals surface area contributed by atoms with Gasteiger partial charge in [0.1, 0.15) is 10.0 Å². The van der Waals surface area contributed by atoms with Crippen LogP contribution in [0, 0.1) is 0 Å². The smallest absolute Gasteiger partial charge is 0.250 e. The quantitative estimate of drug-likeness (QED) is 0.839. The van der Waals surface area contributed by atoms with Crippen LogP contribution in [0.4, 0.5) is 0 Å². The van der Waals surface area contributed by atoms with E-state index in [0.29, 0.717) is 14.6 Å². The van der Waals surface area contributed by atoms with E-state index in [2.05, 4.69) is 30.8 Å². The van der Waals surface area contributed by atoms with Gasteiger partial charge in [0.05, 0.1) is 14.9 Å². The van der Waals surface area contributed by atoms with Crippen molar-refractivity contribution in [2.75, 3.05) is 0 Å². The van der Waals surface area contributed by atoms with Gasteiger partial charge in [-0.1, -0.05) is 11.6 Å². The Morgan fingerprint density at radius 1 is 1.52 bits per heavy atom. The summed E-state index contributed by atoms with van der Waals surface area (Å²) < 4.78 is 30.1. The van der Waals surface area contributed by atoms with E-state index in [-0.39, 0.29) is 4.21 Å². The van der Waals surface area contributed by atoms with Crippen LogP contribution < -0.4 is 4.72 Å². The van der Waals surface area contributed by atoms with Crippen LogP contribution in [0.2, 0.25) is 5.02 Å². The van der Waals surface area contributed by atoms with Gasteiger partial charge in [0, 0.05) is 13.0 Å². The minimum absolute atomic E-state index is 0.174. The molecule has 0 fully saturated rings. The Morgan fingerprint density at radius 3 is 2.95 bits per heavy atom. The lowest BCUT2D eigenvalue weighted by atomic mass is 10.3. The third-order valence-electron chi connectivity index (χ3n) is 3.24. The molecule has 1 N–H and O–H groups in total. The van der Waals surface area contributed by atoms with Crippen molar-refractivity contribution in [2.45, 2.75) is 36.6 Å². The molecule has 6 nitrogen and oxygen atoms in total. The summed E-state index contributed by atoms with van der Waals surface area (Å²) in [6.45, 7) is 2.59. The largest absolute Gasteiger partial charge is 0.314 e. The molecule has 2 aromatic heterocycles. The van der Waals surface area contributed by atoms with Gasteiger partial charge >= 0.3 is 0 Å². The van der Waals surface area contributed by atoms with E-state index in [9.17, 15) is 8.42 Å². The second-order valence-electron chi connectivity index (χ2n) is 4.76. The molecule has 1 aliphatic rings. The third-order valence-corrected chi connectivity index (χ3v) is 7.73. The number of halogens is 2. The van der Waals surface area contributed by atoms with Gasteiger partial charge in [0.25, 0.3) is 10.0 Å². The second-order valence-corrected chi connectivity index (χ2v) is 9.48. The number of hydrogen-bond donors (Lipinski definition) is 1. The molecule has 1 atom stereocenters. The van der Waals surface area contributed by atoms with Crippen LogP contribution in [0.1, 0.15) is 31.0 Å². The summed E-state index contributed by atoms with van der Waals surface area (Å²) in [5.41, 5.74) is 0. The molecular weight excluding hydrogens is 400 g/mol. The van der Waals surface area contributed by atoms with E-state index in [1.54, 1.807) is 6.92 Å². The van der Waals surface area contributed by atoms with Crippen molar-refractivity contribution in [2.24, 2.45) is 0 Å². The predicted molar refractivity (Wildman–Crippen MR) is 84.1 cm³/mol. The molecular formula is C11H12BrClN4O2S2. The van der Waals surface area contributed by atoms with Crippen LogP contribution in [0.15, 0.2) is 14.1 Å². The van der Waals surface area contributed by atoms with Crippen molar-refractivity contribution in [3.05, 3.63) is 26.5 Å². The normalized spacial score (nSPS) is 16.1. The highest BCUT2D eigenvalue weighted by Crippen LogP contribution is 2.35. The number of thiophene rings is 1. The molecule has 0 amide bonds. The first-order valence-corrected chi connectivity index (χ1v) is 9.74. The molecule has 0 radical (unpaired) electrons. The van der Waals surface area contributed by atoms with Crippen molar-refractivity contribution in [1.82, 2.24) is 19.5 Å². The van der Waals surface area contributed by atoms with E-state index in [0.717, 1.165) is 36.5 Å². The van der Waals surface area contributed by atoms with Crippen LogP contribution in [0.5, 0.6) is 0 Å². The third kappa shape index (κ3) is 2.89. The average molecular weight is 412 g/mol. The highest BCUT2D eigenvalue weighted by Gasteiger charge is 2.26. The predicted octanol–water partition coefficient (Wildman–Crippen LogP) is 2.74. The Balaban J connectivity index is 1.85. The van der Waals surface area contributed by atoms with Gasteiger partial charge in [-0.25, -0.2) is 13.1 Å². The first-order chi connectivity index (χ1) is 9.88. The summed E-state index contributed by atoms with van der Waals surface area (Å²) in [6.07, 6.45) is 1.91. The molecule has 2 aromatic rings. The van der Waals surface area contributed by atoms with Crippen molar-refractivity contribution in [3.8, 4) is 0 Å². The fourth-order valence-corrected chi connectivity index (χ4v) is 5.91. The highest BCUT2D eigenvalue weighted by atomic mass is 79.9. The van der Waals surface area contributed by atoms with Crippen LogP contribution in [0.25, 0.3) is 0 Å². The van der Waals surface area contributed by atoms with Crippen molar-refractivity contribution in [1.29, 1.82) is 0 Å². The number of nitrogens with one attached hydrogen (secondary N) is 1. The molecule has 3 heterocycles. The standard InChI is InChI=1S/C11H12BrClN4O2S2/c1-6(11-15-14-8-3-2-4-17(8)11)16-21(18,19)9-5-7(13)10(12)20-9/h5-6,16H,2-4H2,1H3.